The van der Waals surface area contributed by atoms with E-state index in [2.05, 4.69) is 4.74 Å². The van der Waals surface area contributed by atoms with E-state index in [9.17, 15) is 19.2 Å². The fraction of sp³-hybridized carbons (Fsp3) is 0.333. The lowest BCUT2D eigenvalue weighted by atomic mass is 10.0. The first-order valence-electron chi connectivity index (χ1n) is 9.44. The van der Waals surface area contributed by atoms with Gasteiger partial charge in [0.15, 0.2) is 11.6 Å². The number of nitriles is 2. The van der Waals surface area contributed by atoms with Crippen molar-refractivity contribution in [2.45, 2.75) is 26.7 Å². The monoisotopic (exact) mass is 474 g/mol. The first kappa shape index (κ1) is 26.7. The molecule has 2 unspecified atom stereocenters. The highest BCUT2D eigenvalue weighted by atomic mass is 32.1. The lowest BCUT2D eigenvalue weighted by Crippen LogP contribution is -2.29. The van der Waals surface area contributed by atoms with Gasteiger partial charge in [-0.05, 0) is 37.1 Å². The summed E-state index contributed by atoms with van der Waals surface area (Å²) < 4.78 is 4.54. The Balaban J connectivity index is 0.000000320. The molecule has 1 amide bonds. The van der Waals surface area contributed by atoms with Crippen molar-refractivity contribution in [1.29, 1.82) is 10.5 Å². The van der Waals surface area contributed by atoms with Crippen molar-refractivity contribution >= 4 is 46.1 Å². The number of nitrogens with one attached hydrogen (secondary N) is 1. The van der Waals surface area contributed by atoms with Gasteiger partial charge < -0.3 is 4.74 Å². The van der Waals surface area contributed by atoms with Gasteiger partial charge in [-0.1, -0.05) is 13.8 Å². The average molecular weight is 475 g/mol. The highest BCUT2D eigenvalue weighted by molar-refractivity contribution is 7.16. The number of carbonyl (C=O) groups is 4. The standard InChI is InChI=1S/C11H11NO3S.C10H11N3O2S/c1-3-7(6-12)10(13)8-4-5-9(16-8)11(14)15-2;1-2-6(5-11)9(14)7-3-4-8(16-7)10(15)13-12/h4-5,7H,3H2,1-2H3;3-4,6H,2,12H2,1H3,(H,13,15). The molecule has 2 heterocycles. The second-order valence-corrected chi connectivity index (χ2v) is 8.37. The van der Waals surface area contributed by atoms with Crippen LogP contribution in [0.1, 0.15) is 65.4 Å². The fourth-order valence-electron chi connectivity index (χ4n) is 2.36. The molecule has 0 radical (unpaired) electrons. The smallest absolute Gasteiger partial charge is 0.348 e. The van der Waals surface area contributed by atoms with Gasteiger partial charge in [-0.15, -0.1) is 22.7 Å². The van der Waals surface area contributed by atoms with Gasteiger partial charge in [0, 0.05) is 0 Å². The number of nitrogen functional groups attached to an aromatic ring is 1. The molecule has 0 aliphatic carbocycles. The number of thiophene rings is 2. The van der Waals surface area contributed by atoms with Gasteiger partial charge in [0.2, 0.25) is 0 Å². The number of esters is 1. The van der Waals surface area contributed by atoms with Crippen molar-refractivity contribution in [2.75, 3.05) is 7.11 Å². The first-order chi connectivity index (χ1) is 15.3. The summed E-state index contributed by atoms with van der Waals surface area (Å²) in [4.78, 5) is 47.4. The van der Waals surface area contributed by atoms with Crippen LogP contribution in [-0.4, -0.2) is 30.6 Å². The Morgan fingerprint density at radius 1 is 0.906 bits per heavy atom. The SMILES string of the molecule is CCC(C#N)C(=O)c1ccc(C(=O)NN)s1.CCC(C#N)C(=O)c1ccc(C(=O)OC)s1. The maximum atomic E-state index is 11.8. The number of hydrazine groups is 1. The normalized spacial score (nSPS) is 11.6. The van der Waals surface area contributed by atoms with Gasteiger partial charge in [0.1, 0.15) is 16.7 Å². The molecule has 0 saturated carbocycles. The minimum atomic E-state index is -0.646. The van der Waals surface area contributed by atoms with Crippen LogP contribution in [0.3, 0.4) is 0 Å². The molecule has 2 atom stereocenters. The molecule has 11 heteroatoms. The summed E-state index contributed by atoms with van der Waals surface area (Å²) in [5.74, 6) is 2.31. The Morgan fingerprint density at radius 3 is 1.69 bits per heavy atom. The predicted octanol–water partition coefficient (Wildman–Crippen LogP) is 3.35. The van der Waals surface area contributed by atoms with Crippen LogP contribution >= 0.6 is 22.7 Å². The number of rotatable bonds is 8. The summed E-state index contributed by atoms with van der Waals surface area (Å²) in [5.41, 5.74) is 1.99. The summed E-state index contributed by atoms with van der Waals surface area (Å²) >= 11 is 2.10. The van der Waals surface area contributed by atoms with Gasteiger partial charge in [-0.25, -0.2) is 10.6 Å². The highest BCUT2D eigenvalue weighted by Crippen LogP contribution is 2.22. The van der Waals surface area contributed by atoms with E-state index in [0.717, 1.165) is 22.7 Å². The number of nitrogens with two attached hydrogens (primary N) is 1. The summed E-state index contributed by atoms with van der Waals surface area (Å²) in [6, 6.07) is 10.0. The number of carbonyl (C=O) groups excluding carboxylic acids is 4. The van der Waals surface area contributed by atoms with Gasteiger partial charge in [0.05, 0.1) is 33.9 Å². The van der Waals surface area contributed by atoms with E-state index in [4.69, 9.17) is 16.4 Å². The van der Waals surface area contributed by atoms with Gasteiger partial charge in [-0.2, -0.15) is 10.5 Å². The number of ketones is 2. The van der Waals surface area contributed by atoms with Crippen LogP contribution in [0.15, 0.2) is 24.3 Å². The number of hydrogen-bond acceptors (Lipinski definition) is 10. The Bertz CT molecular complexity index is 977. The molecule has 0 aliphatic rings. The maximum Gasteiger partial charge on any atom is 0.348 e. The third kappa shape index (κ3) is 6.82. The Labute approximate surface area is 193 Å². The van der Waals surface area contributed by atoms with E-state index in [1.54, 1.807) is 19.9 Å². The summed E-state index contributed by atoms with van der Waals surface area (Å²) in [6.45, 7) is 3.55. The number of ether oxygens (including phenoxy) is 1. The molecule has 2 aromatic rings. The Kier molecular flexibility index (Phi) is 10.9. The van der Waals surface area contributed by atoms with Crippen molar-refractivity contribution in [3.63, 3.8) is 0 Å². The zero-order valence-electron chi connectivity index (χ0n) is 17.7. The van der Waals surface area contributed by atoms with Crippen LogP contribution < -0.4 is 11.3 Å². The van der Waals surface area contributed by atoms with Crippen molar-refractivity contribution in [2.24, 2.45) is 17.7 Å². The Morgan fingerprint density at radius 2 is 1.31 bits per heavy atom. The molecule has 2 aromatic heterocycles. The van der Waals surface area contributed by atoms with Crippen molar-refractivity contribution in [3.05, 3.63) is 43.8 Å². The number of Topliss-reactive ketones (excluding diaryl/α,β-unsaturated/α-hetero) is 2. The topological polar surface area (TPSA) is 163 Å². The van der Waals surface area contributed by atoms with E-state index in [-0.39, 0.29) is 11.6 Å². The van der Waals surface area contributed by atoms with E-state index >= 15 is 0 Å². The van der Waals surface area contributed by atoms with Crippen LogP contribution in [0.25, 0.3) is 0 Å². The van der Waals surface area contributed by atoms with Gasteiger partial charge in [-0.3, -0.25) is 19.8 Å². The quantitative estimate of drug-likeness (QED) is 0.193. The molecular weight excluding hydrogens is 452 g/mol. The van der Waals surface area contributed by atoms with E-state index in [0.29, 0.717) is 32.4 Å². The predicted molar refractivity (Wildman–Crippen MR) is 119 cm³/mol. The molecule has 2 rings (SSSR count). The lowest BCUT2D eigenvalue weighted by Gasteiger charge is -2.01. The van der Waals surface area contributed by atoms with Crippen molar-refractivity contribution in [1.82, 2.24) is 5.43 Å². The molecule has 0 spiro atoms. The van der Waals surface area contributed by atoms with Crippen LogP contribution in [0.4, 0.5) is 0 Å². The highest BCUT2D eigenvalue weighted by Gasteiger charge is 2.21. The third-order valence-corrected chi connectivity index (χ3v) is 6.38. The third-order valence-electron chi connectivity index (χ3n) is 4.20. The van der Waals surface area contributed by atoms with Crippen LogP contribution in [0.5, 0.6) is 0 Å². The molecule has 0 saturated heterocycles. The molecule has 0 aliphatic heterocycles. The van der Waals surface area contributed by atoms with Crippen LogP contribution in [0, 0.1) is 34.5 Å². The second kappa shape index (κ2) is 13.1. The zero-order valence-corrected chi connectivity index (χ0v) is 19.3. The maximum absolute atomic E-state index is 11.8. The fourth-order valence-corrected chi connectivity index (χ4v) is 4.18. The van der Waals surface area contributed by atoms with Gasteiger partial charge in [0.25, 0.3) is 5.91 Å². The largest absolute Gasteiger partial charge is 0.465 e. The Hall–Kier alpha value is -3.38. The molecule has 32 heavy (non-hydrogen) atoms. The molecule has 9 nitrogen and oxygen atoms in total. The molecular formula is C21H22N4O5S2. The molecule has 0 aromatic carbocycles. The molecule has 168 valence electrons. The minimum absolute atomic E-state index is 0.231. The molecule has 3 N–H and O–H groups in total. The van der Waals surface area contributed by atoms with Crippen molar-refractivity contribution < 1.29 is 23.9 Å². The summed E-state index contributed by atoms with van der Waals surface area (Å²) in [7, 11) is 1.29. The average Bonchev–Trinajstić information content (AvgIpc) is 3.50. The molecule has 0 bridgehead atoms. The minimum Gasteiger partial charge on any atom is -0.465 e. The van der Waals surface area contributed by atoms with Gasteiger partial charge >= 0.3 is 5.97 Å². The van der Waals surface area contributed by atoms with Crippen molar-refractivity contribution in [3.8, 4) is 12.1 Å². The number of hydrogen-bond donors (Lipinski definition) is 2. The molecule has 0 fully saturated rings. The number of methoxy groups -OCH3 is 1. The van der Waals surface area contributed by atoms with Crippen LogP contribution in [-0.2, 0) is 4.74 Å². The van der Waals surface area contributed by atoms with E-state index in [1.165, 1.54) is 25.3 Å². The second-order valence-electron chi connectivity index (χ2n) is 6.20. The zero-order chi connectivity index (χ0) is 24.3. The summed E-state index contributed by atoms with van der Waals surface area (Å²) in [5, 5.41) is 17.5. The lowest BCUT2D eigenvalue weighted by molar-refractivity contribution is 0.0606. The summed E-state index contributed by atoms with van der Waals surface area (Å²) in [6.07, 6.45) is 0.937. The van der Waals surface area contributed by atoms with E-state index in [1.807, 2.05) is 17.6 Å². The number of amides is 1. The van der Waals surface area contributed by atoms with E-state index < -0.39 is 23.7 Å². The van der Waals surface area contributed by atoms with Crippen LogP contribution in [0.2, 0.25) is 0 Å². The number of nitrogens with zero attached hydrogens (tertiary/aromatic N) is 2. The first-order valence-corrected chi connectivity index (χ1v) is 11.1.